The molecule has 22 heavy (non-hydrogen) atoms. The number of carbonyl (C=O) groups excluding carboxylic acids is 1. The fraction of sp³-hybridized carbons (Fsp3) is 0.286. The minimum Gasteiger partial charge on any atom is -0.476 e. The molecule has 1 aromatic heterocycles. The van der Waals surface area contributed by atoms with E-state index in [4.69, 9.17) is 9.84 Å². The molecule has 116 valence electrons. The zero-order valence-corrected chi connectivity index (χ0v) is 12.0. The van der Waals surface area contributed by atoms with E-state index in [2.05, 4.69) is 15.4 Å². The van der Waals surface area contributed by atoms with Gasteiger partial charge in [-0.2, -0.15) is 10.3 Å². The van der Waals surface area contributed by atoms with Crippen molar-refractivity contribution in [2.24, 2.45) is 0 Å². The Morgan fingerprint density at radius 1 is 1.27 bits per heavy atom. The lowest BCUT2D eigenvalue weighted by molar-refractivity contribution is 0.0684. The van der Waals surface area contributed by atoms with E-state index in [0.29, 0.717) is 6.54 Å². The van der Waals surface area contributed by atoms with Crippen LogP contribution in [0.3, 0.4) is 0 Å². The molecule has 2 N–H and O–H groups in total. The van der Waals surface area contributed by atoms with Crippen molar-refractivity contribution >= 4 is 12.1 Å². The van der Waals surface area contributed by atoms with Gasteiger partial charge in [0.25, 0.3) is 0 Å². The third-order valence-electron chi connectivity index (χ3n) is 3.01. The van der Waals surface area contributed by atoms with Crippen molar-refractivity contribution in [1.82, 2.24) is 20.3 Å². The summed E-state index contributed by atoms with van der Waals surface area (Å²) >= 11 is 0. The summed E-state index contributed by atoms with van der Waals surface area (Å²) < 4.78 is 5.21. The van der Waals surface area contributed by atoms with Gasteiger partial charge in [0.1, 0.15) is 12.3 Å². The maximum Gasteiger partial charge on any atom is 0.410 e. The van der Waals surface area contributed by atoms with Crippen LogP contribution in [0.2, 0.25) is 0 Å². The Labute approximate surface area is 126 Å². The number of benzene rings is 1. The highest BCUT2D eigenvalue weighted by Gasteiger charge is 2.21. The fourth-order valence-electron chi connectivity index (χ4n) is 1.83. The number of nitrogens with one attached hydrogen (secondary N) is 1. The normalized spacial score (nSPS) is 10.2. The van der Waals surface area contributed by atoms with Gasteiger partial charge in [0.2, 0.25) is 0 Å². The highest BCUT2D eigenvalue weighted by Crippen LogP contribution is 2.09. The second-order valence-corrected chi connectivity index (χ2v) is 4.48. The van der Waals surface area contributed by atoms with E-state index in [1.54, 1.807) is 6.92 Å². The molecule has 0 aliphatic rings. The number of H-pyrrole nitrogens is 1. The number of aromatic carboxylic acids is 1. The number of aromatic nitrogens is 3. The summed E-state index contributed by atoms with van der Waals surface area (Å²) in [6.07, 6.45) is -0.536. The van der Waals surface area contributed by atoms with Crippen molar-refractivity contribution in [3.63, 3.8) is 0 Å². The average molecular weight is 304 g/mol. The van der Waals surface area contributed by atoms with Crippen LogP contribution in [0.1, 0.15) is 28.7 Å². The second kappa shape index (κ2) is 7.21. The Morgan fingerprint density at radius 3 is 2.64 bits per heavy atom. The van der Waals surface area contributed by atoms with Gasteiger partial charge in [-0.15, -0.1) is 5.10 Å². The Hall–Kier alpha value is -2.90. The number of ether oxygens (including phenoxy) is 1. The summed E-state index contributed by atoms with van der Waals surface area (Å²) in [5.74, 6) is -1.20. The van der Waals surface area contributed by atoms with Gasteiger partial charge >= 0.3 is 12.1 Å². The van der Waals surface area contributed by atoms with E-state index in [9.17, 15) is 9.59 Å². The Kier molecular flexibility index (Phi) is 5.07. The Morgan fingerprint density at radius 2 is 2.00 bits per heavy atom. The summed E-state index contributed by atoms with van der Waals surface area (Å²) in [6, 6.07) is 9.29. The van der Waals surface area contributed by atoms with Crippen molar-refractivity contribution in [3.05, 3.63) is 47.3 Å². The third-order valence-corrected chi connectivity index (χ3v) is 3.01. The van der Waals surface area contributed by atoms with Crippen molar-refractivity contribution < 1.29 is 19.4 Å². The molecular weight excluding hydrogens is 288 g/mol. The number of hydrogen-bond donors (Lipinski definition) is 2. The SMILES string of the molecule is CCN(Cc1n[nH]nc1C(=O)O)C(=O)OCc1ccccc1. The number of rotatable bonds is 6. The monoisotopic (exact) mass is 304 g/mol. The van der Waals surface area contributed by atoms with Crippen LogP contribution in [0, 0.1) is 0 Å². The van der Waals surface area contributed by atoms with Crippen LogP contribution in [0.25, 0.3) is 0 Å². The van der Waals surface area contributed by atoms with Crippen LogP contribution in [0.5, 0.6) is 0 Å². The van der Waals surface area contributed by atoms with Gasteiger partial charge in [0.05, 0.1) is 6.54 Å². The number of carboxylic acids is 1. The molecule has 0 atom stereocenters. The van der Waals surface area contributed by atoms with Gasteiger partial charge in [-0.1, -0.05) is 30.3 Å². The number of hydrogen-bond acceptors (Lipinski definition) is 5. The van der Waals surface area contributed by atoms with Gasteiger partial charge in [-0.3, -0.25) is 0 Å². The number of amides is 1. The van der Waals surface area contributed by atoms with E-state index in [1.165, 1.54) is 4.90 Å². The van der Waals surface area contributed by atoms with Crippen LogP contribution >= 0.6 is 0 Å². The average Bonchev–Trinajstić information content (AvgIpc) is 2.99. The molecule has 0 spiro atoms. The predicted octanol–water partition coefficient (Wildman–Crippen LogP) is 1.66. The first kappa shape index (κ1) is 15.5. The second-order valence-electron chi connectivity index (χ2n) is 4.48. The topological polar surface area (TPSA) is 108 Å². The van der Waals surface area contributed by atoms with Gasteiger partial charge in [-0.25, -0.2) is 9.59 Å². The molecule has 0 saturated carbocycles. The number of carbonyl (C=O) groups is 2. The number of nitrogens with zero attached hydrogens (tertiary/aromatic N) is 3. The van der Waals surface area contributed by atoms with E-state index in [-0.39, 0.29) is 24.5 Å². The van der Waals surface area contributed by atoms with Crippen LogP contribution in [0.4, 0.5) is 4.79 Å². The molecule has 1 amide bonds. The van der Waals surface area contributed by atoms with Crippen LogP contribution < -0.4 is 0 Å². The highest BCUT2D eigenvalue weighted by molar-refractivity contribution is 5.86. The molecule has 8 nitrogen and oxygen atoms in total. The third kappa shape index (κ3) is 3.81. The highest BCUT2D eigenvalue weighted by atomic mass is 16.6. The minimum atomic E-state index is -1.20. The lowest BCUT2D eigenvalue weighted by Gasteiger charge is -2.19. The summed E-state index contributed by atoms with van der Waals surface area (Å²) in [7, 11) is 0. The Balaban J connectivity index is 1.97. The van der Waals surface area contributed by atoms with Gasteiger partial charge in [0, 0.05) is 6.54 Å². The van der Waals surface area contributed by atoms with E-state index >= 15 is 0 Å². The summed E-state index contributed by atoms with van der Waals surface area (Å²) in [4.78, 5) is 24.4. The van der Waals surface area contributed by atoms with Crippen LogP contribution in [0.15, 0.2) is 30.3 Å². The van der Waals surface area contributed by atoms with E-state index < -0.39 is 12.1 Å². The van der Waals surface area contributed by atoms with Gasteiger partial charge in [0.15, 0.2) is 5.69 Å². The molecule has 0 aliphatic heterocycles. The first-order valence-electron chi connectivity index (χ1n) is 6.70. The lowest BCUT2D eigenvalue weighted by Crippen LogP contribution is -2.31. The van der Waals surface area contributed by atoms with Crippen molar-refractivity contribution in [2.75, 3.05) is 6.54 Å². The maximum absolute atomic E-state index is 12.1. The quantitative estimate of drug-likeness (QED) is 0.840. The molecule has 0 unspecified atom stereocenters. The molecule has 2 rings (SSSR count). The summed E-state index contributed by atoms with van der Waals surface area (Å²) in [5, 5.41) is 18.5. The zero-order chi connectivity index (χ0) is 15.9. The molecular formula is C14H16N4O4. The lowest BCUT2D eigenvalue weighted by atomic mass is 10.2. The molecule has 0 saturated heterocycles. The molecule has 1 heterocycles. The number of carboxylic acid groups (broad SMARTS) is 1. The summed E-state index contributed by atoms with van der Waals surface area (Å²) in [5.41, 5.74) is 0.861. The van der Waals surface area contributed by atoms with Crippen LogP contribution in [-0.4, -0.2) is 44.0 Å². The van der Waals surface area contributed by atoms with Crippen molar-refractivity contribution in [2.45, 2.75) is 20.1 Å². The molecule has 0 aliphatic carbocycles. The molecule has 8 heteroatoms. The van der Waals surface area contributed by atoms with Crippen molar-refractivity contribution in [3.8, 4) is 0 Å². The smallest absolute Gasteiger partial charge is 0.410 e. The zero-order valence-electron chi connectivity index (χ0n) is 12.0. The standard InChI is InChI=1S/C14H16N4O4/c1-2-18(8-11-12(13(19)20)16-17-15-11)14(21)22-9-10-6-4-3-5-7-10/h3-7H,2,8-9H2,1H3,(H,19,20)(H,15,16,17). The van der Waals surface area contributed by atoms with Crippen LogP contribution in [-0.2, 0) is 17.9 Å². The largest absolute Gasteiger partial charge is 0.476 e. The number of aromatic amines is 1. The summed E-state index contributed by atoms with van der Waals surface area (Å²) in [6.45, 7) is 2.30. The Bertz CT molecular complexity index is 641. The molecule has 0 fully saturated rings. The maximum atomic E-state index is 12.1. The molecule has 1 aromatic carbocycles. The van der Waals surface area contributed by atoms with Gasteiger partial charge < -0.3 is 14.7 Å². The first-order valence-corrected chi connectivity index (χ1v) is 6.70. The van der Waals surface area contributed by atoms with Crippen molar-refractivity contribution in [1.29, 1.82) is 0 Å². The molecule has 0 bridgehead atoms. The van der Waals surface area contributed by atoms with E-state index in [1.807, 2.05) is 30.3 Å². The van der Waals surface area contributed by atoms with E-state index in [0.717, 1.165) is 5.56 Å². The van der Waals surface area contributed by atoms with Gasteiger partial charge in [-0.05, 0) is 12.5 Å². The molecule has 0 radical (unpaired) electrons. The minimum absolute atomic E-state index is 0.0161. The molecule has 2 aromatic rings. The first-order chi connectivity index (χ1) is 10.6. The predicted molar refractivity (Wildman–Crippen MR) is 76.1 cm³/mol. The fourth-order valence-corrected chi connectivity index (χ4v) is 1.83.